The summed E-state index contributed by atoms with van der Waals surface area (Å²) in [6.07, 6.45) is 4.38. The van der Waals surface area contributed by atoms with Gasteiger partial charge in [-0.2, -0.15) is 0 Å². The Morgan fingerprint density at radius 2 is 2.04 bits per heavy atom. The molecule has 1 fully saturated rings. The number of fused-ring (bicyclic) bond motifs is 1. The third-order valence-electron chi connectivity index (χ3n) is 5.54. The number of nitrogens with zero attached hydrogens (tertiary/aromatic N) is 3. The Bertz CT molecular complexity index is 1030. The molecule has 1 aliphatic heterocycles. The number of rotatable bonds is 6. The van der Waals surface area contributed by atoms with Gasteiger partial charge in [0, 0.05) is 19.3 Å². The van der Waals surface area contributed by atoms with Gasteiger partial charge in [-0.25, -0.2) is 18.4 Å². The maximum atomic E-state index is 12.7. The van der Waals surface area contributed by atoms with Gasteiger partial charge >= 0.3 is 0 Å². The second-order valence-electron chi connectivity index (χ2n) is 7.50. The van der Waals surface area contributed by atoms with Gasteiger partial charge in [-0.1, -0.05) is 25.1 Å². The van der Waals surface area contributed by atoms with E-state index in [0.717, 1.165) is 42.9 Å². The summed E-state index contributed by atoms with van der Waals surface area (Å²) >= 11 is 0. The lowest BCUT2D eigenvalue weighted by Crippen LogP contribution is -2.44. The number of sulfone groups is 1. The SMILES string of the molecule is CC1CCN(CS(=O)(=O)c2ccccc2)CC1CNc1ncnc2[nH]ccc12. The molecule has 2 unspecified atom stereocenters. The fourth-order valence-electron chi connectivity index (χ4n) is 3.79. The maximum absolute atomic E-state index is 12.7. The van der Waals surface area contributed by atoms with Crippen molar-refractivity contribution in [1.29, 1.82) is 0 Å². The third kappa shape index (κ3) is 4.02. The molecule has 1 aromatic carbocycles. The molecule has 2 N–H and O–H groups in total. The van der Waals surface area contributed by atoms with E-state index < -0.39 is 9.84 Å². The van der Waals surface area contributed by atoms with Crippen LogP contribution >= 0.6 is 0 Å². The van der Waals surface area contributed by atoms with Crippen LogP contribution in [0.5, 0.6) is 0 Å². The molecule has 7 nitrogen and oxygen atoms in total. The molecule has 0 bridgehead atoms. The zero-order valence-electron chi connectivity index (χ0n) is 15.9. The van der Waals surface area contributed by atoms with Crippen molar-refractivity contribution in [1.82, 2.24) is 19.9 Å². The normalized spacial score (nSPS) is 21.0. The van der Waals surface area contributed by atoms with Gasteiger partial charge in [0.15, 0.2) is 9.84 Å². The highest BCUT2D eigenvalue weighted by Crippen LogP contribution is 2.26. The summed E-state index contributed by atoms with van der Waals surface area (Å²) in [7, 11) is -3.31. The van der Waals surface area contributed by atoms with Crippen LogP contribution in [0, 0.1) is 11.8 Å². The second kappa shape index (κ2) is 7.89. The highest BCUT2D eigenvalue weighted by molar-refractivity contribution is 7.91. The third-order valence-corrected chi connectivity index (χ3v) is 7.23. The van der Waals surface area contributed by atoms with Crippen LogP contribution in [0.2, 0.25) is 0 Å². The lowest BCUT2D eigenvalue weighted by molar-refractivity contribution is 0.153. The van der Waals surface area contributed by atoms with Crippen LogP contribution in [-0.2, 0) is 9.84 Å². The summed E-state index contributed by atoms with van der Waals surface area (Å²) < 4.78 is 25.4. The number of likely N-dealkylation sites (tertiary alicyclic amines) is 1. The van der Waals surface area contributed by atoms with Crippen LogP contribution in [0.25, 0.3) is 11.0 Å². The Morgan fingerprint density at radius 3 is 2.86 bits per heavy atom. The molecule has 1 aliphatic rings. The van der Waals surface area contributed by atoms with E-state index in [1.54, 1.807) is 30.6 Å². The predicted octanol–water partition coefficient (Wildman–Crippen LogP) is 2.76. The van der Waals surface area contributed by atoms with E-state index in [4.69, 9.17) is 0 Å². The van der Waals surface area contributed by atoms with E-state index in [0.29, 0.717) is 16.7 Å². The lowest BCUT2D eigenvalue weighted by Gasteiger charge is -2.37. The zero-order chi connectivity index (χ0) is 19.6. The van der Waals surface area contributed by atoms with Gasteiger partial charge < -0.3 is 10.3 Å². The van der Waals surface area contributed by atoms with Gasteiger partial charge in [-0.15, -0.1) is 0 Å². The Balaban J connectivity index is 1.41. The number of piperidine rings is 1. The zero-order valence-corrected chi connectivity index (χ0v) is 16.7. The van der Waals surface area contributed by atoms with Crippen LogP contribution in [0.1, 0.15) is 13.3 Å². The van der Waals surface area contributed by atoms with Crippen LogP contribution in [-0.4, -0.2) is 53.8 Å². The van der Waals surface area contributed by atoms with E-state index in [1.165, 1.54) is 0 Å². The van der Waals surface area contributed by atoms with Crippen molar-refractivity contribution in [2.75, 3.05) is 30.8 Å². The summed E-state index contributed by atoms with van der Waals surface area (Å²) in [5, 5.41) is 4.41. The van der Waals surface area contributed by atoms with Crippen LogP contribution in [0.4, 0.5) is 5.82 Å². The Kier molecular flexibility index (Phi) is 5.32. The molecule has 1 saturated heterocycles. The number of H-pyrrole nitrogens is 1. The molecule has 2 aromatic heterocycles. The number of hydrogen-bond acceptors (Lipinski definition) is 6. The Hall–Kier alpha value is -2.45. The largest absolute Gasteiger partial charge is 0.369 e. The average molecular weight is 400 g/mol. The number of aromatic amines is 1. The van der Waals surface area contributed by atoms with Crippen LogP contribution < -0.4 is 5.32 Å². The summed E-state index contributed by atoms with van der Waals surface area (Å²) in [6, 6.07) is 10.7. The smallest absolute Gasteiger partial charge is 0.191 e. The van der Waals surface area contributed by atoms with E-state index in [1.807, 2.05) is 18.3 Å². The van der Waals surface area contributed by atoms with E-state index in [-0.39, 0.29) is 5.88 Å². The van der Waals surface area contributed by atoms with Crippen LogP contribution in [0.3, 0.4) is 0 Å². The standard InChI is InChI=1S/C20H25N5O2S/c1-15-8-10-25(14-28(26,27)17-5-3-2-4-6-17)12-16(15)11-22-20-18-7-9-21-19(18)23-13-24-20/h2-7,9,13,15-16H,8,10-12,14H2,1H3,(H2,21,22,23,24). The quantitative estimate of drug-likeness (QED) is 0.662. The number of anilines is 1. The Morgan fingerprint density at radius 1 is 1.21 bits per heavy atom. The van der Waals surface area contributed by atoms with Crippen molar-refractivity contribution in [3.63, 3.8) is 0 Å². The summed E-state index contributed by atoms with van der Waals surface area (Å²) in [5.74, 6) is 1.75. The highest BCUT2D eigenvalue weighted by Gasteiger charge is 2.29. The number of hydrogen-bond donors (Lipinski definition) is 2. The first-order chi connectivity index (χ1) is 13.5. The van der Waals surface area contributed by atoms with Crippen molar-refractivity contribution in [2.45, 2.75) is 18.2 Å². The molecule has 0 spiro atoms. The fraction of sp³-hybridized carbons (Fsp3) is 0.400. The van der Waals surface area contributed by atoms with Crippen LogP contribution in [0.15, 0.2) is 53.8 Å². The van der Waals surface area contributed by atoms with E-state index in [9.17, 15) is 8.42 Å². The number of benzene rings is 1. The predicted molar refractivity (Wildman–Crippen MR) is 110 cm³/mol. The van der Waals surface area contributed by atoms with Crippen molar-refractivity contribution < 1.29 is 8.42 Å². The maximum Gasteiger partial charge on any atom is 0.191 e. The van der Waals surface area contributed by atoms with Crippen molar-refractivity contribution in [2.24, 2.45) is 11.8 Å². The molecule has 0 radical (unpaired) electrons. The summed E-state index contributed by atoms with van der Waals surface area (Å²) in [6.45, 7) is 4.54. The van der Waals surface area contributed by atoms with E-state index >= 15 is 0 Å². The molecule has 2 atom stereocenters. The molecule has 3 heterocycles. The first-order valence-corrected chi connectivity index (χ1v) is 11.2. The van der Waals surface area contributed by atoms with Gasteiger partial charge in [-0.3, -0.25) is 4.90 Å². The molecule has 148 valence electrons. The van der Waals surface area contributed by atoms with Gasteiger partial charge in [0.2, 0.25) is 0 Å². The van der Waals surface area contributed by atoms with Gasteiger partial charge in [0.1, 0.15) is 23.7 Å². The first-order valence-electron chi connectivity index (χ1n) is 9.55. The minimum atomic E-state index is -3.31. The second-order valence-corrected chi connectivity index (χ2v) is 9.46. The number of nitrogens with one attached hydrogen (secondary N) is 2. The molecule has 0 aliphatic carbocycles. The number of aromatic nitrogens is 3. The summed E-state index contributed by atoms with van der Waals surface area (Å²) in [5.41, 5.74) is 0.810. The topological polar surface area (TPSA) is 91.0 Å². The van der Waals surface area contributed by atoms with Gasteiger partial charge in [0.05, 0.1) is 10.3 Å². The molecule has 3 aromatic rings. The lowest BCUT2D eigenvalue weighted by atomic mass is 9.87. The van der Waals surface area contributed by atoms with Crippen molar-refractivity contribution in [3.8, 4) is 0 Å². The van der Waals surface area contributed by atoms with Gasteiger partial charge in [-0.05, 0) is 43.0 Å². The molecule has 0 amide bonds. The van der Waals surface area contributed by atoms with Crippen molar-refractivity contribution in [3.05, 3.63) is 48.9 Å². The molecule has 8 heteroatoms. The molecular formula is C20H25N5O2S. The molecule has 28 heavy (non-hydrogen) atoms. The van der Waals surface area contributed by atoms with Crippen molar-refractivity contribution >= 4 is 26.7 Å². The fourth-order valence-corrected chi connectivity index (χ4v) is 5.23. The van der Waals surface area contributed by atoms with Gasteiger partial charge in [0.25, 0.3) is 0 Å². The molecule has 4 rings (SSSR count). The average Bonchev–Trinajstić information content (AvgIpc) is 3.18. The highest BCUT2D eigenvalue weighted by atomic mass is 32.2. The minimum Gasteiger partial charge on any atom is -0.369 e. The monoisotopic (exact) mass is 399 g/mol. The van der Waals surface area contributed by atoms with E-state index in [2.05, 4.69) is 32.1 Å². The molecule has 0 saturated carbocycles. The Labute approximate surface area is 165 Å². The molecular weight excluding hydrogens is 374 g/mol. The summed E-state index contributed by atoms with van der Waals surface area (Å²) in [4.78, 5) is 14.1. The minimum absolute atomic E-state index is 0.0653. The first kappa shape index (κ1) is 18.9.